The highest BCUT2D eigenvalue weighted by atomic mass is 16.7. The summed E-state index contributed by atoms with van der Waals surface area (Å²) in [6.45, 7) is 1.43. The molecule has 5 aliphatic rings. The smallest absolute Gasteiger partial charge is 0.231 e. The summed E-state index contributed by atoms with van der Waals surface area (Å²) >= 11 is 0. The predicted octanol–water partition coefficient (Wildman–Crippen LogP) is 1.95. The van der Waals surface area contributed by atoms with Gasteiger partial charge >= 0.3 is 0 Å². The third kappa shape index (κ3) is 1.21. The van der Waals surface area contributed by atoms with E-state index in [4.69, 9.17) is 18.9 Å². The molecule has 5 nitrogen and oxygen atoms in total. The van der Waals surface area contributed by atoms with Crippen molar-refractivity contribution in [3.05, 3.63) is 23.3 Å². The van der Waals surface area contributed by atoms with Crippen LogP contribution in [0.3, 0.4) is 0 Å². The third-order valence-corrected chi connectivity index (χ3v) is 6.44. The fourth-order valence-electron chi connectivity index (χ4n) is 5.53. The van der Waals surface area contributed by atoms with Crippen molar-refractivity contribution >= 4 is 0 Å². The van der Waals surface area contributed by atoms with Gasteiger partial charge in [0.15, 0.2) is 17.8 Å². The highest BCUT2D eigenvalue weighted by molar-refractivity contribution is 5.55. The van der Waals surface area contributed by atoms with Crippen molar-refractivity contribution in [1.82, 2.24) is 4.90 Å². The van der Waals surface area contributed by atoms with Gasteiger partial charge in [-0.1, -0.05) is 0 Å². The molecular formula is C17H19NO4. The van der Waals surface area contributed by atoms with Crippen molar-refractivity contribution in [2.45, 2.75) is 49.2 Å². The first-order valence-corrected chi connectivity index (χ1v) is 8.22. The van der Waals surface area contributed by atoms with E-state index in [1.165, 1.54) is 12.0 Å². The fraction of sp³-hybridized carbons (Fsp3) is 0.647. The van der Waals surface area contributed by atoms with Crippen LogP contribution in [0.2, 0.25) is 0 Å². The Hall–Kier alpha value is -1.30. The molecule has 116 valence electrons. The molecule has 0 N–H and O–H groups in total. The molecule has 22 heavy (non-hydrogen) atoms. The second-order valence-corrected chi connectivity index (χ2v) is 7.22. The first kappa shape index (κ1) is 12.2. The first-order chi connectivity index (χ1) is 10.8. The van der Waals surface area contributed by atoms with Crippen LogP contribution in [0.4, 0.5) is 0 Å². The molecule has 3 fully saturated rings. The van der Waals surface area contributed by atoms with E-state index in [0.717, 1.165) is 36.4 Å². The minimum atomic E-state index is -0.227. The minimum Gasteiger partial charge on any atom is -0.454 e. The highest BCUT2D eigenvalue weighted by Gasteiger charge is 2.65. The van der Waals surface area contributed by atoms with Crippen molar-refractivity contribution in [2.75, 3.05) is 20.4 Å². The van der Waals surface area contributed by atoms with Gasteiger partial charge in [-0.2, -0.15) is 0 Å². The van der Waals surface area contributed by atoms with Gasteiger partial charge in [-0.05, 0) is 50.6 Å². The van der Waals surface area contributed by atoms with Gasteiger partial charge in [0, 0.05) is 17.0 Å². The molecule has 6 rings (SSSR count). The van der Waals surface area contributed by atoms with Crippen LogP contribution in [0.5, 0.6) is 11.5 Å². The Balaban J connectivity index is 1.63. The number of nitrogens with zero attached hydrogens (tertiary/aromatic N) is 1. The Labute approximate surface area is 129 Å². The molecular weight excluding hydrogens is 282 g/mol. The zero-order valence-corrected chi connectivity index (χ0v) is 12.6. The number of likely N-dealkylation sites (tertiary alicyclic amines) is 1. The number of hydrogen-bond donors (Lipinski definition) is 0. The first-order valence-electron chi connectivity index (χ1n) is 8.22. The number of hydrogen-bond acceptors (Lipinski definition) is 5. The van der Waals surface area contributed by atoms with Crippen LogP contribution in [0.25, 0.3) is 0 Å². The van der Waals surface area contributed by atoms with E-state index in [0.29, 0.717) is 12.8 Å². The quantitative estimate of drug-likeness (QED) is 0.732. The maximum absolute atomic E-state index is 6.36. The topological polar surface area (TPSA) is 40.2 Å². The van der Waals surface area contributed by atoms with E-state index in [-0.39, 0.29) is 23.9 Å². The van der Waals surface area contributed by atoms with E-state index >= 15 is 0 Å². The van der Waals surface area contributed by atoms with E-state index in [2.05, 4.69) is 24.1 Å². The Morgan fingerprint density at radius 3 is 2.91 bits per heavy atom. The van der Waals surface area contributed by atoms with Crippen molar-refractivity contribution in [1.29, 1.82) is 0 Å². The summed E-state index contributed by atoms with van der Waals surface area (Å²) in [5.74, 6) is 1.70. The largest absolute Gasteiger partial charge is 0.454 e. The predicted molar refractivity (Wildman–Crippen MR) is 77.0 cm³/mol. The number of likely N-dealkylation sites (N-methyl/N-ethyl adjacent to an activating group) is 1. The maximum atomic E-state index is 6.36. The summed E-state index contributed by atoms with van der Waals surface area (Å²) < 4.78 is 23.8. The molecule has 1 aromatic rings. The molecule has 4 heterocycles. The SMILES string of the molecule is CN1CCC23c4cc5c(cc4[C@H]4O[C@@H]2[C@@H](CC[C@@H]13)O4)OCO5. The van der Waals surface area contributed by atoms with E-state index in [1.807, 2.05) is 0 Å². The lowest BCUT2D eigenvalue weighted by molar-refractivity contribution is -0.0914. The molecule has 5 heteroatoms. The van der Waals surface area contributed by atoms with Crippen LogP contribution < -0.4 is 9.47 Å². The molecule has 1 aromatic carbocycles. The number of benzene rings is 1. The molecule has 5 atom stereocenters. The Kier molecular flexibility index (Phi) is 2.09. The Morgan fingerprint density at radius 2 is 2.00 bits per heavy atom. The third-order valence-electron chi connectivity index (χ3n) is 6.44. The van der Waals surface area contributed by atoms with E-state index in [1.54, 1.807) is 0 Å². The fourth-order valence-corrected chi connectivity index (χ4v) is 5.53. The molecule has 0 amide bonds. The Bertz CT molecular complexity index is 677. The van der Waals surface area contributed by atoms with Crippen molar-refractivity contribution in [3.63, 3.8) is 0 Å². The van der Waals surface area contributed by atoms with Crippen molar-refractivity contribution in [3.8, 4) is 11.5 Å². The average molecular weight is 301 g/mol. The van der Waals surface area contributed by atoms with Crippen LogP contribution in [-0.2, 0) is 14.9 Å². The van der Waals surface area contributed by atoms with Crippen LogP contribution in [0.1, 0.15) is 36.7 Å². The van der Waals surface area contributed by atoms with Crippen LogP contribution in [0.15, 0.2) is 12.1 Å². The Morgan fingerprint density at radius 1 is 1.14 bits per heavy atom. The highest BCUT2D eigenvalue weighted by Crippen LogP contribution is 2.61. The summed E-state index contributed by atoms with van der Waals surface area (Å²) in [7, 11) is 2.24. The molecule has 2 bridgehead atoms. The molecule has 1 saturated carbocycles. The maximum Gasteiger partial charge on any atom is 0.231 e. The van der Waals surface area contributed by atoms with Gasteiger partial charge in [-0.3, -0.25) is 0 Å². The lowest BCUT2D eigenvalue weighted by Gasteiger charge is -2.48. The molecule has 1 spiro atoms. The van der Waals surface area contributed by atoms with Gasteiger partial charge in [-0.15, -0.1) is 0 Å². The average Bonchev–Trinajstić information content (AvgIpc) is 3.21. The zero-order chi connectivity index (χ0) is 14.5. The second kappa shape index (κ2) is 3.78. The summed E-state index contributed by atoms with van der Waals surface area (Å²) in [6, 6.07) is 4.84. The number of rotatable bonds is 0. The minimum absolute atomic E-state index is 0.0565. The number of ether oxygens (including phenoxy) is 4. The van der Waals surface area contributed by atoms with Crippen LogP contribution in [-0.4, -0.2) is 43.5 Å². The molecule has 2 saturated heterocycles. The molecule has 4 aliphatic heterocycles. The summed E-state index contributed by atoms with van der Waals surface area (Å²) in [5.41, 5.74) is 2.60. The molecule has 1 unspecified atom stereocenters. The lowest BCUT2D eigenvalue weighted by Crippen LogP contribution is -2.57. The summed E-state index contributed by atoms with van der Waals surface area (Å²) in [4.78, 5) is 2.51. The molecule has 1 aliphatic carbocycles. The number of fused-ring (bicyclic) bond motifs is 4. The van der Waals surface area contributed by atoms with Gasteiger partial charge in [0.05, 0.1) is 12.2 Å². The van der Waals surface area contributed by atoms with Gasteiger partial charge in [0.1, 0.15) is 0 Å². The van der Waals surface area contributed by atoms with Crippen LogP contribution in [0, 0.1) is 0 Å². The van der Waals surface area contributed by atoms with Crippen molar-refractivity contribution in [2.24, 2.45) is 0 Å². The van der Waals surface area contributed by atoms with Gasteiger partial charge in [0.2, 0.25) is 6.79 Å². The standard InChI is InChI=1S/C17H19NO4/c1-18-5-4-17-10-7-13-12(19-8-20-13)6-9(10)16-21-11(15(17)22-16)2-3-14(17)18/h6-7,11,14-16H,2-5,8H2,1H3/t11-,14-,15-,16-,17?/m1/s1. The zero-order valence-electron chi connectivity index (χ0n) is 12.6. The van der Waals surface area contributed by atoms with E-state index in [9.17, 15) is 0 Å². The monoisotopic (exact) mass is 301 g/mol. The van der Waals surface area contributed by atoms with Gasteiger partial charge < -0.3 is 23.8 Å². The van der Waals surface area contributed by atoms with Crippen molar-refractivity contribution < 1.29 is 18.9 Å². The van der Waals surface area contributed by atoms with Gasteiger partial charge in [0.25, 0.3) is 0 Å². The van der Waals surface area contributed by atoms with E-state index < -0.39 is 0 Å². The second-order valence-electron chi connectivity index (χ2n) is 7.22. The normalized spacial score (nSPS) is 44.0. The molecule has 0 radical (unpaired) electrons. The summed E-state index contributed by atoms with van der Waals surface area (Å²) in [5, 5.41) is 0. The summed E-state index contributed by atoms with van der Waals surface area (Å²) in [6.07, 6.45) is 3.61. The van der Waals surface area contributed by atoms with Crippen LogP contribution >= 0.6 is 0 Å². The van der Waals surface area contributed by atoms with Gasteiger partial charge in [-0.25, -0.2) is 0 Å². The lowest BCUT2D eigenvalue weighted by atomic mass is 9.62. The molecule has 0 aromatic heterocycles.